The third-order valence-electron chi connectivity index (χ3n) is 5.15. The van der Waals surface area contributed by atoms with Crippen LogP contribution in [-0.2, 0) is 26.2 Å². The Kier molecular flexibility index (Phi) is 7.71. The lowest BCUT2D eigenvalue weighted by atomic mass is 10.1. The van der Waals surface area contributed by atoms with Crippen molar-refractivity contribution in [2.75, 3.05) is 24.7 Å². The van der Waals surface area contributed by atoms with Gasteiger partial charge in [0.25, 0.3) is 0 Å². The Hall–Kier alpha value is -3.39. The number of aliphatic hydroxyl groups excluding tert-OH is 1. The second-order valence-corrected chi connectivity index (χ2v) is 9.05. The highest BCUT2D eigenvalue weighted by atomic mass is 32.2. The largest absolute Gasteiger partial charge is 0.481 e. The molecule has 1 unspecified atom stereocenters. The Morgan fingerprint density at radius 2 is 1.82 bits per heavy atom. The third kappa shape index (κ3) is 5.34. The van der Waals surface area contributed by atoms with Gasteiger partial charge in [0, 0.05) is 18.7 Å². The Morgan fingerprint density at radius 3 is 2.45 bits per heavy atom. The van der Waals surface area contributed by atoms with E-state index in [4.69, 9.17) is 9.84 Å². The first-order valence-corrected chi connectivity index (χ1v) is 11.7. The normalized spacial score (nSPS) is 16.2. The van der Waals surface area contributed by atoms with Crippen LogP contribution in [0, 0.1) is 11.8 Å². The van der Waals surface area contributed by atoms with Gasteiger partial charge in [-0.1, -0.05) is 37.0 Å². The summed E-state index contributed by atoms with van der Waals surface area (Å²) in [5.41, 5.74) is 1.04. The molecule has 0 bridgehead atoms. The lowest BCUT2D eigenvalue weighted by molar-refractivity contribution is -0.141. The maximum atomic E-state index is 13.5. The quantitative estimate of drug-likeness (QED) is 0.610. The topological polar surface area (TPSA) is 124 Å². The van der Waals surface area contributed by atoms with Gasteiger partial charge in [0.05, 0.1) is 11.4 Å². The van der Waals surface area contributed by atoms with Crippen molar-refractivity contribution in [3.05, 3.63) is 54.1 Å². The molecule has 33 heavy (non-hydrogen) atoms. The molecule has 1 aliphatic rings. The summed E-state index contributed by atoms with van der Waals surface area (Å²) in [4.78, 5) is 25.9. The Balaban J connectivity index is 1.97. The number of carboxylic acid groups (broad SMARTS) is 1. The van der Waals surface area contributed by atoms with Crippen LogP contribution in [0.4, 0.5) is 5.69 Å². The van der Waals surface area contributed by atoms with Crippen LogP contribution >= 0.6 is 0 Å². The van der Waals surface area contributed by atoms with Crippen molar-refractivity contribution in [1.82, 2.24) is 4.31 Å². The zero-order chi connectivity index (χ0) is 24.0. The van der Waals surface area contributed by atoms with E-state index < -0.39 is 22.0 Å². The number of ether oxygens (including phenoxy) is 1. The maximum Gasteiger partial charge on any atom is 0.323 e. The van der Waals surface area contributed by atoms with Crippen LogP contribution in [0.3, 0.4) is 0 Å². The molecule has 0 fully saturated rings. The molecule has 0 saturated carbocycles. The highest BCUT2D eigenvalue weighted by molar-refractivity contribution is 7.89. The zero-order valence-corrected chi connectivity index (χ0v) is 18.8. The zero-order valence-electron chi connectivity index (χ0n) is 18.0. The van der Waals surface area contributed by atoms with E-state index in [1.54, 1.807) is 31.2 Å². The van der Waals surface area contributed by atoms with Crippen LogP contribution in [0.25, 0.3) is 0 Å². The predicted molar refractivity (Wildman–Crippen MR) is 120 cm³/mol. The fourth-order valence-corrected chi connectivity index (χ4v) is 5.05. The van der Waals surface area contributed by atoms with Gasteiger partial charge in [-0.2, -0.15) is 4.31 Å². The number of aliphatic carboxylic acids is 1. The number of fused-ring (bicyclic) bond motifs is 1. The molecule has 3 rings (SSSR count). The standard InChI is InChI=1S/C23H24N2O7S/c1-2-22(27)24-16-21(23(28)29)25(15-17-7-3-4-8-20(17)24)33(30,31)19-11-9-18(10-12-19)32-14-6-5-13-26/h3-4,7-12,21,26H,2,13-16H2,1H3,(H,28,29). The van der Waals surface area contributed by atoms with Gasteiger partial charge >= 0.3 is 5.97 Å². The minimum atomic E-state index is -4.23. The van der Waals surface area contributed by atoms with Crippen LogP contribution in [0.1, 0.15) is 18.9 Å². The van der Waals surface area contributed by atoms with Gasteiger partial charge in [0.15, 0.2) is 0 Å². The molecule has 9 nitrogen and oxygen atoms in total. The van der Waals surface area contributed by atoms with Gasteiger partial charge in [0.2, 0.25) is 15.9 Å². The number of anilines is 1. The number of sulfonamides is 1. The molecule has 0 aromatic heterocycles. The van der Waals surface area contributed by atoms with Gasteiger partial charge in [-0.15, -0.1) is 0 Å². The number of carbonyl (C=O) groups is 2. The van der Waals surface area contributed by atoms with Crippen molar-refractivity contribution < 1.29 is 33.0 Å². The summed E-state index contributed by atoms with van der Waals surface area (Å²) in [5.74, 6) is 3.76. The Labute approximate surface area is 192 Å². The van der Waals surface area contributed by atoms with Crippen molar-refractivity contribution in [3.63, 3.8) is 0 Å². The number of amides is 1. The summed E-state index contributed by atoms with van der Waals surface area (Å²) in [6.45, 7) is 0.906. The number of nitrogens with zero attached hydrogens (tertiary/aromatic N) is 2. The SMILES string of the molecule is CCC(=O)N1CC(C(=O)O)N(S(=O)(=O)c2ccc(OCC#CCO)cc2)Cc2ccccc21. The molecule has 0 aliphatic carbocycles. The molecule has 2 aromatic rings. The van der Waals surface area contributed by atoms with Gasteiger partial charge in [-0.05, 0) is 35.9 Å². The number of benzene rings is 2. The number of carbonyl (C=O) groups excluding carboxylic acids is 1. The summed E-state index contributed by atoms with van der Waals surface area (Å²) in [6, 6.07) is 10.9. The molecule has 2 N–H and O–H groups in total. The first kappa shape index (κ1) is 24.3. The van der Waals surface area contributed by atoms with E-state index in [1.165, 1.54) is 29.2 Å². The van der Waals surface area contributed by atoms with Crippen LogP contribution in [-0.4, -0.2) is 60.6 Å². The van der Waals surface area contributed by atoms with Crippen molar-refractivity contribution in [2.45, 2.75) is 30.8 Å². The lowest BCUT2D eigenvalue weighted by Gasteiger charge is -2.28. The highest BCUT2D eigenvalue weighted by Crippen LogP contribution is 2.32. The number of hydrogen-bond acceptors (Lipinski definition) is 6. The molecular formula is C23H24N2O7S. The molecule has 1 atom stereocenters. The van der Waals surface area contributed by atoms with Crippen molar-refractivity contribution in [2.24, 2.45) is 0 Å². The molecule has 2 aromatic carbocycles. The fourth-order valence-electron chi connectivity index (χ4n) is 3.50. The van der Waals surface area contributed by atoms with Gasteiger partial charge in [-0.3, -0.25) is 9.59 Å². The molecule has 10 heteroatoms. The van der Waals surface area contributed by atoms with Gasteiger partial charge in [-0.25, -0.2) is 8.42 Å². The summed E-state index contributed by atoms with van der Waals surface area (Å²) < 4.78 is 33.3. The molecule has 0 radical (unpaired) electrons. The molecule has 0 spiro atoms. The van der Waals surface area contributed by atoms with Crippen LogP contribution in [0.15, 0.2) is 53.4 Å². The smallest absolute Gasteiger partial charge is 0.323 e. The van der Waals surface area contributed by atoms with E-state index in [2.05, 4.69) is 11.8 Å². The molecule has 1 heterocycles. The first-order valence-electron chi connectivity index (χ1n) is 10.2. The van der Waals surface area contributed by atoms with E-state index >= 15 is 0 Å². The highest BCUT2D eigenvalue weighted by Gasteiger charge is 2.41. The fraction of sp³-hybridized carbons (Fsp3) is 0.304. The van der Waals surface area contributed by atoms with E-state index in [0.717, 1.165) is 4.31 Å². The number of para-hydroxylation sites is 1. The average molecular weight is 473 g/mol. The summed E-state index contributed by atoms with van der Waals surface area (Å²) in [7, 11) is -4.23. The van der Waals surface area contributed by atoms with Crippen LogP contribution in [0.2, 0.25) is 0 Å². The van der Waals surface area contributed by atoms with E-state index in [-0.39, 0.29) is 43.5 Å². The summed E-state index contributed by atoms with van der Waals surface area (Å²) in [6.07, 6.45) is 0.150. The van der Waals surface area contributed by atoms with Crippen molar-refractivity contribution in [1.29, 1.82) is 0 Å². The Bertz CT molecular complexity index is 1180. The van der Waals surface area contributed by atoms with Gasteiger partial charge in [0.1, 0.15) is 25.0 Å². The number of hydrogen-bond donors (Lipinski definition) is 2. The molecule has 174 valence electrons. The van der Waals surface area contributed by atoms with E-state index in [9.17, 15) is 23.1 Å². The second-order valence-electron chi connectivity index (χ2n) is 7.16. The maximum absolute atomic E-state index is 13.5. The molecule has 0 saturated heterocycles. The summed E-state index contributed by atoms with van der Waals surface area (Å²) >= 11 is 0. The first-order chi connectivity index (χ1) is 15.8. The number of rotatable bonds is 6. The van der Waals surface area contributed by atoms with Gasteiger partial charge < -0.3 is 19.8 Å². The minimum absolute atomic E-state index is 0.0257. The van der Waals surface area contributed by atoms with E-state index in [0.29, 0.717) is 17.0 Å². The van der Waals surface area contributed by atoms with Crippen LogP contribution < -0.4 is 9.64 Å². The van der Waals surface area contributed by atoms with Crippen molar-refractivity contribution >= 4 is 27.6 Å². The minimum Gasteiger partial charge on any atom is -0.481 e. The van der Waals surface area contributed by atoms with E-state index in [1.807, 2.05) is 0 Å². The monoisotopic (exact) mass is 472 g/mol. The predicted octanol–water partition coefficient (Wildman–Crippen LogP) is 1.46. The number of carboxylic acids is 1. The summed E-state index contributed by atoms with van der Waals surface area (Å²) in [5, 5.41) is 18.5. The van der Waals surface area contributed by atoms with Crippen LogP contribution in [0.5, 0.6) is 5.75 Å². The van der Waals surface area contributed by atoms with Crippen molar-refractivity contribution in [3.8, 4) is 17.6 Å². The molecular weight excluding hydrogens is 448 g/mol. The second kappa shape index (κ2) is 10.5. The average Bonchev–Trinajstić information content (AvgIpc) is 2.99. The Morgan fingerprint density at radius 1 is 1.12 bits per heavy atom. The molecule has 1 amide bonds. The molecule has 1 aliphatic heterocycles. The lowest BCUT2D eigenvalue weighted by Crippen LogP contribution is -2.50. The number of aliphatic hydroxyl groups is 1. The third-order valence-corrected chi connectivity index (χ3v) is 7.01.